The van der Waals surface area contributed by atoms with Crippen LogP contribution in [0.25, 0.3) is 0 Å². The van der Waals surface area contributed by atoms with E-state index >= 15 is 0 Å². The van der Waals surface area contributed by atoms with E-state index in [-0.39, 0.29) is 19.5 Å². The van der Waals surface area contributed by atoms with Crippen molar-refractivity contribution in [2.45, 2.75) is 45.6 Å². The highest BCUT2D eigenvalue weighted by Gasteiger charge is 2.54. The first-order chi connectivity index (χ1) is 8.01. The van der Waals surface area contributed by atoms with Crippen LogP contribution in [0.2, 0.25) is 0 Å². The molecule has 6 heteroatoms. The maximum absolute atomic E-state index is 14.0. The second kappa shape index (κ2) is 4.64. The fourth-order valence-corrected chi connectivity index (χ4v) is 1.81. The molecule has 1 aliphatic heterocycles. The molecule has 0 aliphatic carbocycles. The number of hydrogen-bond donors (Lipinski definition) is 1. The molecule has 18 heavy (non-hydrogen) atoms. The molecule has 4 nitrogen and oxygen atoms in total. The number of ether oxygens (including phenoxy) is 1. The fraction of sp³-hybridized carbons (Fsp3) is 0.917. The Morgan fingerprint density at radius 2 is 2.00 bits per heavy atom. The minimum Gasteiger partial charge on any atom is -0.444 e. The maximum atomic E-state index is 14.0. The number of alkyl halides is 2. The van der Waals surface area contributed by atoms with Crippen LogP contribution in [0.5, 0.6) is 0 Å². The summed E-state index contributed by atoms with van der Waals surface area (Å²) in [5.74, 6) is -2.99. The number of nitrogens with two attached hydrogens (primary N) is 1. The molecule has 0 bridgehead atoms. The van der Waals surface area contributed by atoms with Gasteiger partial charge >= 0.3 is 6.09 Å². The van der Waals surface area contributed by atoms with Crippen LogP contribution < -0.4 is 5.73 Å². The second-order valence-electron chi connectivity index (χ2n) is 6.12. The van der Waals surface area contributed by atoms with Crippen molar-refractivity contribution in [3.63, 3.8) is 0 Å². The number of rotatable bonds is 1. The van der Waals surface area contributed by atoms with Gasteiger partial charge in [-0.2, -0.15) is 0 Å². The molecule has 1 atom stereocenters. The van der Waals surface area contributed by atoms with Gasteiger partial charge in [0.05, 0.1) is 6.54 Å². The van der Waals surface area contributed by atoms with Crippen LogP contribution in [0.3, 0.4) is 0 Å². The molecular weight excluding hydrogens is 242 g/mol. The molecule has 1 amide bonds. The van der Waals surface area contributed by atoms with Gasteiger partial charge in [0.25, 0.3) is 5.92 Å². The predicted molar refractivity (Wildman–Crippen MR) is 64.5 cm³/mol. The number of halogens is 2. The largest absolute Gasteiger partial charge is 0.444 e. The number of amides is 1. The summed E-state index contributed by atoms with van der Waals surface area (Å²) in [6.45, 7) is 6.10. The highest BCUT2D eigenvalue weighted by molar-refractivity contribution is 5.68. The van der Waals surface area contributed by atoms with Gasteiger partial charge in [0, 0.05) is 18.5 Å². The van der Waals surface area contributed by atoms with Crippen LogP contribution in [-0.2, 0) is 4.74 Å². The first-order valence-corrected chi connectivity index (χ1v) is 6.07. The number of carbonyl (C=O) groups is 1. The van der Waals surface area contributed by atoms with E-state index in [1.165, 1.54) is 6.92 Å². The molecular formula is C12H22F2N2O2. The Morgan fingerprint density at radius 1 is 1.44 bits per heavy atom. The second-order valence-corrected chi connectivity index (χ2v) is 6.12. The molecule has 1 saturated heterocycles. The molecule has 1 rings (SSSR count). The quantitative estimate of drug-likeness (QED) is 0.790. The normalized spacial score (nSPS) is 28.1. The molecule has 1 aliphatic rings. The first-order valence-electron chi connectivity index (χ1n) is 6.07. The lowest BCUT2D eigenvalue weighted by Gasteiger charge is -2.44. The van der Waals surface area contributed by atoms with Crippen molar-refractivity contribution in [2.75, 3.05) is 19.6 Å². The lowest BCUT2D eigenvalue weighted by molar-refractivity contribution is -0.154. The van der Waals surface area contributed by atoms with E-state index < -0.39 is 29.6 Å². The number of nitrogens with zero attached hydrogens (tertiary/aromatic N) is 1. The van der Waals surface area contributed by atoms with Gasteiger partial charge in [-0.1, -0.05) is 6.92 Å². The minimum atomic E-state index is -2.99. The van der Waals surface area contributed by atoms with Crippen molar-refractivity contribution in [2.24, 2.45) is 11.1 Å². The van der Waals surface area contributed by atoms with Gasteiger partial charge in [0.1, 0.15) is 5.60 Å². The van der Waals surface area contributed by atoms with E-state index in [4.69, 9.17) is 10.5 Å². The lowest BCUT2D eigenvalue weighted by atomic mass is 9.77. The highest BCUT2D eigenvalue weighted by atomic mass is 19.3. The van der Waals surface area contributed by atoms with Gasteiger partial charge in [-0.3, -0.25) is 0 Å². The Morgan fingerprint density at radius 3 is 2.39 bits per heavy atom. The summed E-state index contributed by atoms with van der Waals surface area (Å²) >= 11 is 0. The van der Waals surface area contributed by atoms with Gasteiger partial charge in [-0.25, -0.2) is 13.6 Å². The topological polar surface area (TPSA) is 55.6 Å². The maximum Gasteiger partial charge on any atom is 0.410 e. The average molecular weight is 264 g/mol. The summed E-state index contributed by atoms with van der Waals surface area (Å²) in [6, 6.07) is 0. The van der Waals surface area contributed by atoms with E-state index in [0.717, 1.165) is 4.90 Å². The zero-order chi connectivity index (χ0) is 14.2. The monoisotopic (exact) mass is 264 g/mol. The number of piperidine rings is 1. The smallest absolute Gasteiger partial charge is 0.410 e. The van der Waals surface area contributed by atoms with Gasteiger partial charge in [-0.05, 0) is 27.2 Å². The van der Waals surface area contributed by atoms with E-state index in [9.17, 15) is 13.6 Å². The molecule has 0 aromatic carbocycles. The third-order valence-electron chi connectivity index (χ3n) is 3.31. The average Bonchev–Trinajstić information content (AvgIpc) is 2.19. The van der Waals surface area contributed by atoms with Gasteiger partial charge in [0.15, 0.2) is 0 Å². The molecule has 2 N–H and O–H groups in total. The van der Waals surface area contributed by atoms with E-state index in [0.29, 0.717) is 0 Å². The van der Waals surface area contributed by atoms with Crippen LogP contribution in [-0.4, -0.2) is 42.2 Å². The molecule has 1 heterocycles. The first kappa shape index (κ1) is 15.1. The summed E-state index contributed by atoms with van der Waals surface area (Å²) < 4.78 is 33.0. The molecule has 1 fully saturated rings. The Bertz CT molecular complexity index is 329. The molecule has 0 radical (unpaired) electrons. The summed E-state index contributed by atoms with van der Waals surface area (Å²) in [7, 11) is 0. The SMILES string of the molecule is CC(C)(C)OC(=O)N1CCC(C)(CN)C(F)(F)C1. The Labute approximate surface area is 106 Å². The van der Waals surface area contributed by atoms with E-state index in [1.807, 2.05) is 0 Å². The summed E-state index contributed by atoms with van der Waals surface area (Å²) in [5.41, 5.74) is 3.50. The van der Waals surface area contributed by atoms with Crippen LogP contribution in [0.1, 0.15) is 34.1 Å². The zero-order valence-corrected chi connectivity index (χ0v) is 11.4. The highest BCUT2D eigenvalue weighted by Crippen LogP contribution is 2.42. The van der Waals surface area contributed by atoms with Crippen molar-refractivity contribution in [3.05, 3.63) is 0 Å². The Kier molecular flexibility index (Phi) is 3.91. The Hall–Kier alpha value is -0.910. The van der Waals surface area contributed by atoms with Crippen molar-refractivity contribution < 1.29 is 18.3 Å². The summed E-state index contributed by atoms with van der Waals surface area (Å²) in [5, 5.41) is 0. The summed E-state index contributed by atoms with van der Waals surface area (Å²) in [4.78, 5) is 12.8. The molecule has 0 aromatic heterocycles. The van der Waals surface area contributed by atoms with Crippen molar-refractivity contribution in [3.8, 4) is 0 Å². The minimum absolute atomic E-state index is 0.0951. The zero-order valence-electron chi connectivity index (χ0n) is 11.4. The summed E-state index contributed by atoms with van der Waals surface area (Å²) in [6.07, 6.45) is -0.517. The van der Waals surface area contributed by atoms with Crippen LogP contribution in [0, 0.1) is 5.41 Å². The van der Waals surface area contributed by atoms with Gasteiger partial charge in [0.2, 0.25) is 0 Å². The van der Waals surface area contributed by atoms with E-state index in [1.54, 1.807) is 20.8 Å². The van der Waals surface area contributed by atoms with Gasteiger partial charge in [-0.15, -0.1) is 0 Å². The van der Waals surface area contributed by atoms with Gasteiger partial charge < -0.3 is 15.4 Å². The molecule has 0 aromatic rings. The predicted octanol–water partition coefficient (Wildman–Crippen LogP) is 2.23. The van der Waals surface area contributed by atoms with E-state index in [2.05, 4.69) is 0 Å². The van der Waals surface area contributed by atoms with Crippen LogP contribution >= 0.6 is 0 Å². The van der Waals surface area contributed by atoms with Crippen LogP contribution in [0.15, 0.2) is 0 Å². The standard InChI is InChI=1S/C12H22F2N2O2/c1-10(2,3)18-9(17)16-6-5-11(4,7-15)12(13,14)8-16/h5-8,15H2,1-4H3. The van der Waals surface area contributed by atoms with Crippen molar-refractivity contribution in [1.82, 2.24) is 4.90 Å². The third-order valence-corrected chi connectivity index (χ3v) is 3.31. The molecule has 106 valence electrons. The third kappa shape index (κ3) is 3.10. The van der Waals surface area contributed by atoms with Crippen LogP contribution in [0.4, 0.5) is 13.6 Å². The number of hydrogen-bond acceptors (Lipinski definition) is 3. The van der Waals surface area contributed by atoms with Crippen molar-refractivity contribution in [1.29, 1.82) is 0 Å². The Balaban J connectivity index is 2.73. The molecule has 0 saturated carbocycles. The molecule has 0 spiro atoms. The molecule has 1 unspecified atom stereocenters. The van der Waals surface area contributed by atoms with Crippen molar-refractivity contribution >= 4 is 6.09 Å². The fourth-order valence-electron chi connectivity index (χ4n) is 1.81. The number of carbonyl (C=O) groups excluding carboxylic acids is 1. The lowest BCUT2D eigenvalue weighted by Crippen LogP contribution is -2.58. The number of likely N-dealkylation sites (tertiary alicyclic amines) is 1.